The van der Waals surface area contributed by atoms with Crippen LogP contribution in [0.4, 0.5) is 0 Å². The van der Waals surface area contributed by atoms with Crippen molar-refractivity contribution in [3.05, 3.63) is 0 Å². The molecular formula is C10H19NO2. The molecule has 0 radical (unpaired) electrons. The second-order valence-corrected chi connectivity index (χ2v) is 4.54. The molecule has 0 N–H and O–H groups in total. The molecule has 13 heavy (non-hydrogen) atoms. The van der Waals surface area contributed by atoms with Gasteiger partial charge in [-0.05, 0) is 20.8 Å². The molecule has 0 aliphatic carbocycles. The van der Waals surface area contributed by atoms with Crippen molar-refractivity contribution >= 4 is 5.78 Å². The molecule has 0 unspecified atom stereocenters. The van der Waals surface area contributed by atoms with E-state index in [1.807, 2.05) is 20.8 Å². The van der Waals surface area contributed by atoms with E-state index in [1.165, 1.54) is 0 Å². The standard InChI is InChI=1S/C10H19NO2/c1-10(2,3)13-8-11-6-4-9(12)5-7-11/h4-8H2,1-3H3. The predicted molar refractivity (Wildman–Crippen MR) is 51.5 cm³/mol. The van der Waals surface area contributed by atoms with Gasteiger partial charge in [0, 0.05) is 25.9 Å². The fourth-order valence-electron chi connectivity index (χ4n) is 1.22. The molecule has 76 valence electrons. The number of nitrogens with zero attached hydrogens (tertiary/aromatic N) is 1. The largest absolute Gasteiger partial charge is 0.360 e. The Bertz CT molecular complexity index is 174. The Morgan fingerprint density at radius 1 is 1.31 bits per heavy atom. The van der Waals surface area contributed by atoms with Crippen molar-refractivity contribution in [2.75, 3.05) is 19.8 Å². The second-order valence-electron chi connectivity index (χ2n) is 4.54. The van der Waals surface area contributed by atoms with E-state index in [1.54, 1.807) is 0 Å². The van der Waals surface area contributed by atoms with E-state index in [0.717, 1.165) is 13.1 Å². The summed E-state index contributed by atoms with van der Waals surface area (Å²) in [6.45, 7) is 8.49. The van der Waals surface area contributed by atoms with Crippen LogP contribution in [0.25, 0.3) is 0 Å². The van der Waals surface area contributed by atoms with E-state index in [-0.39, 0.29) is 5.60 Å². The first-order chi connectivity index (χ1) is 5.97. The monoisotopic (exact) mass is 185 g/mol. The van der Waals surface area contributed by atoms with Crippen molar-refractivity contribution in [2.24, 2.45) is 0 Å². The Morgan fingerprint density at radius 3 is 2.31 bits per heavy atom. The van der Waals surface area contributed by atoms with Crippen molar-refractivity contribution in [3.63, 3.8) is 0 Å². The third-order valence-electron chi connectivity index (χ3n) is 2.09. The normalized spacial score (nSPS) is 20.7. The van der Waals surface area contributed by atoms with Crippen molar-refractivity contribution < 1.29 is 9.53 Å². The molecule has 1 aliphatic heterocycles. The second kappa shape index (κ2) is 4.20. The zero-order valence-corrected chi connectivity index (χ0v) is 8.80. The number of rotatable bonds is 2. The number of ketones is 1. The van der Waals surface area contributed by atoms with Crippen LogP contribution < -0.4 is 0 Å². The van der Waals surface area contributed by atoms with Crippen LogP contribution in [0, 0.1) is 0 Å². The van der Waals surface area contributed by atoms with Crippen LogP contribution in [-0.2, 0) is 9.53 Å². The van der Waals surface area contributed by atoms with Crippen LogP contribution in [0.5, 0.6) is 0 Å². The summed E-state index contributed by atoms with van der Waals surface area (Å²) in [5, 5.41) is 0. The maximum atomic E-state index is 10.9. The summed E-state index contributed by atoms with van der Waals surface area (Å²) in [5.41, 5.74) is -0.0819. The van der Waals surface area contributed by atoms with Gasteiger partial charge in [0.1, 0.15) is 5.78 Å². The van der Waals surface area contributed by atoms with Gasteiger partial charge in [-0.15, -0.1) is 0 Å². The van der Waals surface area contributed by atoms with Gasteiger partial charge in [0.25, 0.3) is 0 Å². The van der Waals surface area contributed by atoms with Crippen LogP contribution in [0.1, 0.15) is 33.6 Å². The Kier molecular flexibility index (Phi) is 3.45. The highest BCUT2D eigenvalue weighted by Crippen LogP contribution is 2.10. The number of carbonyl (C=O) groups is 1. The molecular weight excluding hydrogens is 166 g/mol. The molecule has 0 aromatic heterocycles. The number of ether oxygens (including phenoxy) is 1. The molecule has 3 heteroatoms. The lowest BCUT2D eigenvalue weighted by molar-refractivity contribution is -0.124. The summed E-state index contributed by atoms with van der Waals surface area (Å²) in [7, 11) is 0. The Morgan fingerprint density at radius 2 is 1.85 bits per heavy atom. The molecule has 0 amide bonds. The summed E-state index contributed by atoms with van der Waals surface area (Å²) in [6.07, 6.45) is 1.38. The minimum Gasteiger partial charge on any atom is -0.360 e. The topological polar surface area (TPSA) is 29.5 Å². The highest BCUT2D eigenvalue weighted by Gasteiger charge is 2.18. The number of Topliss-reactive ketones (excluding diaryl/α,β-unsaturated/α-hetero) is 1. The Balaban J connectivity index is 2.20. The third-order valence-corrected chi connectivity index (χ3v) is 2.09. The lowest BCUT2D eigenvalue weighted by Gasteiger charge is -2.29. The maximum absolute atomic E-state index is 10.9. The SMILES string of the molecule is CC(C)(C)OCN1CCC(=O)CC1. The molecule has 3 nitrogen and oxygen atoms in total. The van der Waals surface area contributed by atoms with E-state index in [2.05, 4.69) is 4.90 Å². The van der Waals surface area contributed by atoms with Gasteiger partial charge in [-0.1, -0.05) is 0 Å². The minimum absolute atomic E-state index is 0.0819. The predicted octanol–water partition coefficient (Wildman–Crippen LogP) is 1.42. The smallest absolute Gasteiger partial charge is 0.135 e. The lowest BCUT2D eigenvalue weighted by atomic mass is 10.1. The van der Waals surface area contributed by atoms with Crippen LogP contribution in [0.15, 0.2) is 0 Å². The first-order valence-corrected chi connectivity index (χ1v) is 4.85. The average Bonchev–Trinajstić information content (AvgIpc) is 2.02. The fourth-order valence-corrected chi connectivity index (χ4v) is 1.22. The molecule has 0 bridgehead atoms. The third kappa shape index (κ3) is 4.39. The number of hydrogen-bond acceptors (Lipinski definition) is 3. The highest BCUT2D eigenvalue weighted by atomic mass is 16.5. The van der Waals surface area contributed by atoms with E-state index in [4.69, 9.17) is 4.74 Å². The quantitative estimate of drug-likeness (QED) is 0.651. The van der Waals surface area contributed by atoms with Gasteiger partial charge in [-0.2, -0.15) is 0 Å². The highest BCUT2D eigenvalue weighted by molar-refractivity contribution is 5.79. The number of carbonyl (C=O) groups excluding carboxylic acids is 1. The summed E-state index contributed by atoms with van der Waals surface area (Å²) >= 11 is 0. The van der Waals surface area contributed by atoms with Crippen LogP contribution in [0.3, 0.4) is 0 Å². The summed E-state index contributed by atoms with van der Waals surface area (Å²) in [4.78, 5) is 13.1. The summed E-state index contributed by atoms with van der Waals surface area (Å²) in [5.74, 6) is 0.381. The molecule has 0 aromatic rings. The Hall–Kier alpha value is -0.410. The van der Waals surface area contributed by atoms with Gasteiger partial charge in [0.2, 0.25) is 0 Å². The van der Waals surface area contributed by atoms with E-state index < -0.39 is 0 Å². The Labute approximate surface area is 80.1 Å². The molecule has 0 spiro atoms. The average molecular weight is 185 g/mol. The van der Waals surface area contributed by atoms with E-state index >= 15 is 0 Å². The first kappa shape index (κ1) is 10.7. The van der Waals surface area contributed by atoms with Crippen LogP contribution >= 0.6 is 0 Å². The molecule has 1 fully saturated rings. The molecule has 0 atom stereocenters. The zero-order chi connectivity index (χ0) is 9.90. The summed E-state index contributed by atoms with van der Waals surface area (Å²) < 4.78 is 5.62. The molecule has 1 heterocycles. The summed E-state index contributed by atoms with van der Waals surface area (Å²) in [6, 6.07) is 0. The first-order valence-electron chi connectivity index (χ1n) is 4.85. The van der Waals surface area contributed by atoms with Crippen LogP contribution in [-0.4, -0.2) is 36.1 Å². The maximum Gasteiger partial charge on any atom is 0.135 e. The van der Waals surface area contributed by atoms with Crippen molar-refractivity contribution in [1.29, 1.82) is 0 Å². The van der Waals surface area contributed by atoms with Crippen molar-refractivity contribution in [2.45, 2.75) is 39.2 Å². The van der Waals surface area contributed by atoms with Gasteiger partial charge >= 0.3 is 0 Å². The molecule has 1 saturated heterocycles. The number of likely N-dealkylation sites (tertiary alicyclic amines) is 1. The van der Waals surface area contributed by atoms with Gasteiger partial charge in [0.05, 0.1) is 12.3 Å². The zero-order valence-electron chi connectivity index (χ0n) is 8.80. The van der Waals surface area contributed by atoms with Gasteiger partial charge in [-0.25, -0.2) is 0 Å². The number of hydrogen-bond donors (Lipinski definition) is 0. The van der Waals surface area contributed by atoms with E-state index in [9.17, 15) is 4.79 Å². The van der Waals surface area contributed by atoms with Gasteiger partial charge < -0.3 is 4.74 Å². The van der Waals surface area contributed by atoms with Crippen molar-refractivity contribution in [3.8, 4) is 0 Å². The minimum atomic E-state index is -0.0819. The van der Waals surface area contributed by atoms with Crippen molar-refractivity contribution in [1.82, 2.24) is 4.90 Å². The molecule has 1 aliphatic rings. The lowest BCUT2D eigenvalue weighted by Crippen LogP contribution is -2.38. The van der Waals surface area contributed by atoms with Gasteiger partial charge in [-0.3, -0.25) is 9.69 Å². The van der Waals surface area contributed by atoms with Crippen LogP contribution in [0.2, 0.25) is 0 Å². The molecule has 1 rings (SSSR count). The number of piperidine rings is 1. The fraction of sp³-hybridized carbons (Fsp3) is 0.900. The van der Waals surface area contributed by atoms with Gasteiger partial charge in [0.15, 0.2) is 0 Å². The molecule has 0 aromatic carbocycles. The molecule has 0 saturated carbocycles. The van der Waals surface area contributed by atoms with E-state index in [0.29, 0.717) is 25.4 Å².